The average molecular weight is 283 g/mol. The lowest BCUT2D eigenvalue weighted by atomic mass is 9.98. The molecule has 2 fully saturated rings. The van der Waals surface area contributed by atoms with Gasteiger partial charge in [0.15, 0.2) is 0 Å². The lowest BCUT2D eigenvalue weighted by Crippen LogP contribution is -2.58. The number of nitrogens with zero attached hydrogens (tertiary/aromatic N) is 2. The highest BCUT2D eigenvalue weighted by Crippen LogP contribution is 2.30. The lowest BCUT2D eigenvalue weighted by Gasteiger charge is -2.33. The van der Waals surface area contributed by atoms with E-state index in [0.29, 0.717) is 19.4 Å². The molecule has 6 nitrogen and oxygen atoms in total. The van der Waals surface area contributed by atoms with E-state index in [1.54, 1.807) is 4.90 Å². The van der Waals surface area contributed by atoms with Gasteiger partial charge in [-0.15, -0.1) is 0 Å². The van der Waals surface area contributed by atoms with Crippen LogP contribution in [0.3, 0.4) is 0 Å². The second-order valence-electron chi connectivity index (χ2n) is 6.18. The number of carboxylic acid groups (broad SMARTS) is 1. The molecular weight excluding hydrogens is 258 g/mol. The summed E-state index contributed by atoms with van der Waals surface area (Å²) in [7, 11) is 2.05. The van der Waals surface area contributed by atoms with Gasteiger partial charge in [-0.3, -0.25) is 0 Å². The third-order valence-corrected chi connectivity index (χ3v) is 4.52. The van der Waals surface area contributed by atoms with Crippen LogP contribution in [0.1, 0.15) is 39.0 Å². The summed E-state index contributed by atoms with van der Waals surface area (Å²) in [5.74, 6) is -0.900. The topological polar surface area (TPSA) is 72.9 Å². The van der Waals surface area contributed by atoms with Gasteiger partial charge in [0.1, 0.15) is 5.54 Å². The number of amides is 2. The van der Waals surface area contributed by atoms with Crippen LogP contribution in [-0.2, 0) is 4.79 Å². The molecule has 1 aliphatic heterocycles. The molecular formula is C14H25N3O3. The van der Waals surface area contributed by atoms with E-state index in [1.807, 2.05) is 14.0 Å². The van der Waals surface area contributed by atoms with Crippen molar-refractivity contribution in [1.29, 1.82) is 0 Å². The van der Waals surface area contributed by atoms with Crippen molar-refractivity contribution in [2.24, 2.45) is 0 Å². The summed E-state index contributed by atoms with van der Waals surface area (Å²) in [5.41, 5.74) is -1.05. The first-order valence-electron chi connectivity index (χ1n) is 7.45. The largest absolute Gasteiger partial charge is 0.480 e. The van der Waals surface area contributed by atoms with Crippen molar-refractivity contribution in [3.05, 3.63) is 0 Å². The Bertz CT molecular complexity index is 380. The zero-order valence-electron chi connectivity index (χ0n) is 12.4. The van der Waals surface area contributed by atoms with Crippen molar-refractivity contribution in [2.45, 2.75) is 50.6 Å². The zero-order chi connectivity index (χ0) is 14.8. The molecule has 2 aliphatic rings. The highest BCUT2D eigenvalue weighted by Gasteiger charge is 2.43. The van der Waals surface area contributed by atoms with Crippen LogP contribution in [0.15, 0.2) is 0 Å². The third-order valence-electron chi connectivity index (χ3n) is 4.52. The number of hydrogen-bond acceptors (Lipinski definition) is 3. The monoisotopic (exact) mass is 283 g/mol. The number of hydrogen-bond donors (Lipinski definition) is 2. The van der Waals surface area contributed by atoms with Gasteiger partial charge in [0.25, 0.3) is 0 Å². The average Bonchev–Trinajstić information content (AvgIpc) is 2.77. The minimum absolute atomic E-state index is 0.106. The van der Waals surface area contributed by atoms with E-state index in [1.165, 1.54) is 0 Å². The molecule has 1 atom stereocenters. The first kappa shape index (κ1) is 15.1. The Morgan fingerprint density at radius 3 is 2.45 bits per heavy atom. The molecule has 2 rings (SSSR count). The smallest absolute Gasteiger partial charge is 0.329 e. The van der Waals surface area contributed by atoms with Gasteiger partial charge in [-0.05, 0) is 39.8 Å². The highest BCUT2D eigenvalue weighted by atomic mass is 16.4. The van der Waals surface area contributed by atoms with Crippen molar-refractivity contribution in [1.82, 2.24) is 15.1 Å². The predicted molar refractivity (Wildman–Crippen MR) is 75.6 cm³/mol. The standard InChI is InChI=1S/C14H25N3O3/c1-11-10-16(2)8-5-9-17(11)13(20)15-14(12(18)19)6-3-4-7-14/h11H,3-10H2,1-2H3,(H,15,20)(H,18,19). The minimum atomic E-state index is -1.05. The first-order chi connectivity index (χ1) is 9.44. The Kier molecular flexibility index (Phi) is 4.52. The molecule has 2 N–H and O–H groups in total. The number of carbonyl (C=O) groups excluding carboxylic acids is 1. The molecule has 0 bridgehead atoms. The van der Waals surface area contributed by atoms with Crippen molar-refractivity contribution >= 4 is 12.0 Å². The van der Waals surface area contributed by atoms with E-state index < -0.39 is 11.5 Å². The summed E-state index contributed by atoms with van der Waals surface area (Å²) >= 11 is 0. The van der Waals surface area contributed by atoms with E-state index in [9.17, 15) is 14.7 Å². The van der Waals surface area contributed by atoms with Gasteiger partial charge < -0.3 is 20.2 Å². The van der Waals surface area contributed by atoms with E-state index in [2.05, 4.69) is 10.2 Å². The predicted octanol–water partition coefficient (Wildman–Crippen LogP) is 1.12. The molecule has 1 saturated heterocycles. The third kappa shape index (κ3) is 3.06. The summed E-state index contributed by atoms with van der Waals surface area (Å²) in [6.45, 7) is 4.50. The summed E-state index contributed by atoms with van der Waals surface area (Å²) in [4.78, 5) is 28.0. The van der Waals surface area contributed by atoms with Crippen LogP contribution in [0.4, 0.5) is 4.79 Å². The van der Waals surface area contributed by atoms with Crippen molar-refractivity contribution in [3.8, 4) is 0 Å². The van der Waals surface area contributed by atoms with E-state index in [-0.39, 0.29) is 12.1 Å². The quantitative estimate of drug-likeness (QED) is 0.796. The second kappa shape index (κ2) is 5.99. The maximum Gasteiger partial charge on any atom is 0.329 e. The number of likely N-dealkylation sites (N-methyl/N-ethyl adjacent to an activating group) is 1. The van der Waals surface area contributed by atoms with E-state index in [4.69, 9.17) is 0 Å². The van der Waals surface area contributed by atoms with Crippen LogP contribution in [0.5, 0.6) is 0 Å². The van der Waals surface area contributed by atoms with Crippen molar-refractivity contribution in [2.75, 3.05) is 26.7 Å². The number of carbonyl (C=O) groups is 2. The molecule has 1 heterocycles. The van der Waals surface area contributed by atoms with Crippen LogP contribution in [0, 0.1) is 0 Å². The number of urea groups is 1. The lowest BCUT2D eigenvalue weighted by molar-refractivity contribution is -0.144. The Morgan fingerprint density at radius 1 is 1.20 bits per heavy atom. The summed E-state index contributed by atoms with van der Waals surface area (Å²) in [5, 5.41) is 12.2. The first-order valence-corrected chi connectivity index (χ1v) is 7.45. The molecule has 114 valence electrons. The Hall–Kier alpha value is -1.30. The number of nitrogens with one attached hydrogen (secondary N) is 1. The molecule has 0 radical (unpaired) electrons. The number of aliphatic carboxylic acids is 1. The summed E-state index contributed by atoms with van der Waals surface area (Å²) < 4.78 is 0. The fourth-order valence-corrected chi connectivity index (χ4v) is 3.32. The van der Waals surface area contributed by atoms with Gasteiger partial charge in [0, 0.05) is 19.1 Å². The fraction of sp³-hybridized carbons (Fsp3) is 0.857. The van der Waals surface area contributed by atoms with Crippen LogP contribution in [0.2, 0.25) is 0 Å². The van der Waals surface area contributed by atoms with Crippen LogP contribution < -0.4 is 5.32 Å². The second-order valence-corrected chi connectivity index (χ2v) is 6.18. The molecule has 1 saturated carbocycles. The Morgan fingerprint density at radius 2 is 1.85 bits per heavy atom. The van der Waals surface area contributed by atoms with Gasteiger partial charge in [0.05, 0.1) is 0 Å². The van der Waals surface area contributed by atoms with Gasteiger partial charge in [-0.1, -0.05) is 12.8 Å². The van der Waals surface area contributed by atoms with E-state index in [0.717, 1.165) is 32.4 Å². The van der Waals surface area contributed by atoms with Crippen LogP contribution >= 0.6 is 0 Å². The molecule has 0 aromatic heterocycles. The van der Waals surface area contributed by atoms with Crippen molar-refractivity contribution in [3.63, 3.8) is 0 Å². The Labute approximate surface area is 120 Å². The molecule has 0 aromatic carbocycles. The van der Waals surface area contributed by atoms with E-state index >= 15 is 0 Å². The molecule has 6 heteroatoms. The van der Waals surface area contributed by atoms with Gasteiger partial charge in [-0.25, -0.2) is 9.59 Å². The molecule has 2 amide bonds. The molecule has 1 aliphatic carbocycles. The maximum absolute atomic E-state index is 12.5. The fourth-order valence-electron chi connectivity index (χ4n) is 3.32. The molecule has 20 heavy (non-hydrogen) atoms. The minimum Gasteiger partial charge on any atom is -0.480 e. The maximum atomic E-state index is 12.5. The number of rotatable bonds is 2. The van der Waals surface area contributed by atoms with Gasteiger partial charge in [0.2, 0.25) is 0 Å². The van der Waals surface area contributed by atoms with Crippen molar-refractivity contribution < 1.29 is 14.7 Å². The Balaban J connectivity index is 2.04. The molecule has 0 spiro atoms. The van der Waals surface area contributed by atoms with Crippen LogP contribution in [-0.4, -0.2) is 65.2 Å². The van der Waals surface area contributed by atoms with Crippen LogP contribution in [0.25, 0.3) is 0 Å². The summed E-state index contributed by atoms with van der Waals surface area (Å²) in [6, 6.07) is -0.119. The SMILES string of the molecule is CC1CN(C)CCCN1C(=O)NC1(C(=O)O)CCCC1. The summed E-state index contributed by atoms with van der Waals surface area (Å²) in [6.07, 6.45) is 3.73. The zero-order valence-corrected chi connectivity index (χ0v) is 12.4. The highest BCUT2D eigenvalue weighted by molar-refractivity contribution is 5.86. The normalized spacial score (nSPS) is 27.1. The number of carboxylic acids is 1. The molecule has 0 aromatic rings. The van der Waals surface area contributed by atoms with Gasteiger partial charge in [-0.2, -0.15) is 0 Å². The van der Waals surface area contributed by atoms with Gasteiger partial charge >= 0.3 is 12.0 Å². The molecule has 1 unspecified atom stereocenters.